The Labute approximate surface area is 83.5 Å². The van der Waals surface area contributed by atoms with Crippen molar-refractivity contribution < 1.29 is 5.11 Å². The molecule has 2 fully saturated rings. The molecule has 0 radical (unpaired) electrons. The van der Waals surface area contributed by atoms with Crippen LogP contribution in [0.5, 0.6) is 0 Å². The van der Waals surface area contributed by atoms with Gasteiger partial charge in [0.1, 0.15) is 0 Å². The largest absolute Gasteiger partial charge is 0.387 e. The Bertz CT molecular complexity index is 186. The first kappa shape index (κ1) is 9.77. The molecule has 1 unspecified atom stereocenters. The van der Waals surface area contributed by atoms with E-state index >= 15 is 0 Å². The molecule has 0 aromatic heterocycles. The summed E-state index contributed by atoms with van der Waals surface area (Å²) in [6, 6.07) is 0. The molecule has 4 N–H and O–H groups in total. The lowest BCUT2D eigenvalue weighted by Crippen LogP contribution is -2.64. The van der Waals surface area contributed by atoms with Crippen LogP contribution < -0.4 is 11.1 Å². The maximum atomic E-state index is 10.4. The van der Waals surface area contributed by atoms with E-state index in [1.807, 2.05) is 11.8 Å². The van der Waals surface area contributed by atoms with Crippen molar-refractivity contribution in [2.75, 3.05) is 24.6 Å². The smallest absolute Gasteiger partial charge is 0.0924 e. The first-order valence-corrected chi connectivity index (χ1v) is 6.12. The molecule has 1 atom stereocenters. The predicted molar refractivity (Wildman–Crippen MR) is 55.9 cm³/mol. The van der Waals surface area contributed by atoms with Gasteiger partial charge in [0, 0.05) is 11.3 Å². The van der Waals surface area contributed by atoms with Crippen molar-refractivity contribution in [3.05, 3.63) is 0 Å². The van der Waals surface area contributed by atoms with Gasteiger partial charge in [0.25, 0.3) is 0 Å². The second kappa shape index (κ2) is 3.42. The normalized spacial score (nSPS) is 39.2. The van der Waals surface area contributed by atoms with Gasteiger partial charge in [0.2, 0.25) is 0 Å². The quantitative estimate of drug-likeness (QED) is 0.557. The number of piperidine rings is 1. The average molecular weight is 202 g/mol. The topological polar surface area (TPSA) is 58.3 Å². The lowest BCUT2D eigenvalue weighted by molar-refractivity contribution is -0.0263. The highest BCUT2D eigenvalue weighted by Crippen LogP contribution is 2.39. The molecule has 4 heteroatoms. The third kappa shape index (κ3) is 1.61. The minimum Gasteiger partial charge on any atom is -0.387 e. The van der Waals surface area contributed by atoms with E-state index in [4.69, 9.17) is 5.73 Å². The molecule has 0 aliphatic carbocycles. The van der Waals surface area contributed by atoms with E-state index in [-0.39, 0.29) is 5.54 Å². The second-order valence-electron chi connectivity index (χ2n) is 4.24. The van der Waals surface area contributed by atoms with Crippen molar-refractivity contribution in [3.8, 4) is 0 Å². The summed E-state index contributed by atoms with van der Waals surface area (Å²) in [4.78, 5) is 0. The molecule has 2 saturated heterocycles. The van der Waals surface area contributed by atoms with Crippen molar-refractivity contribution >= 4 is 11.8 Å². The molecule has 0 aromatic carbocycles. The number of hydrogen-bond donors (Lipinski definition) is 3. The van der Waals surface area contributed by atoms with Crippen molar-refractivity contribution in [1.82, 2.24) is 5.32 Å². The van der Waals surface area contributed by atoms with Crippen LogP contribution in [0.3, 0.4) is 0 Å². The van der Waals surface area contributed by atoms with Crippen LogP contribution in [0.15, 0.2) is 0 Å². The molecular weight excluding hydrogens is 184 g/mol. The Morgan fingerprint density at radius 3 is 2.46 bits per heavy atom. The summed E-state index contributed by atoms with van der Waals surface area (Å²) in [5.74, 6) is 1.88. The molecule has 2 rings (SSSR count). The van der Waals surface area contributed by atoms with Crippen LogP contribution in [0.1, 0.15) is 19.3 Å². The molecule has 0 amide bonds. The van der Waals surface area contributed by atoms with Gasteiger partial charge < -0.3 is 16.2 Å². The number of hydrogen-bond acceptors (Lipinski definition) is 4. The summed E-state index contributed by atoms with van der Waals surface area (Å²) in [5.41, 5.74) is 5.37. The van der Waals surface area contributed by atoms with Gasteiger partial charge in [-0.2, -0.15) is 11.8 Å². The lowest BCUT2D eigenvalue weighted by atomic mass is 9.74. The summed E-state index contributed by atoms with van der Waals surface area (Å²) in [6.07, 6.45) is 2.68. The van der Waals surface area contributed by atoms with Gasteiger partial charge >= 0.3 is 0 Å². The maximum Gasteiger partial charge on any atom is 0.0924 e. The van der Waals surface area contributed by atoms with Crippen molar-refractivity contribution in [3.63, 3.8) is 0 Å². The molecule has 3 nitrogen and oxygen atoms in total. The van der Waals surface area contributed by atoms with Gasteiger partial charge in [-0.15, -0.1) is 0 Å². The average Bonchev–Trinajstić information content (AvgIpc) is 2.55. The van der Waals surface area contributed by atoms with Gasteiger partial charge in [0.05, 0.1) is 5.60 Å². The minimum absolute atomic E-state index is 0.332. The molecule has 76 valence electrons. The Morgan fingerprint density at radius 1 is 1.23 bits per heavy atom. The van der Waals surface area contributed by atoms with Gasteiger partial charge in [-0.3, -0.25) is 0 Å². The van der Waals surface area contributed by atoms with Crippen LogP contribution in [-0.4, -0.2) is 40.8 Å². The summed E-state index contributed by atoms with van der Waals surface area (Å²) >= 11 is 1.82. The summed E-state index contributed by atoms with van der Waals surface area (Å²) < 4.78 is 0. The Kier molecular flexibility index (Phi) is 2.57. The van der Waals surface area contributed by atoms with E-state index < -0.39 is 5.60 Å². The second-order valence-corrected chi connectivity index (χ2v) is 5.35. The molecule has 2 aliphatic rings. The standard InChI is InChI=1S/C9H18N2OS/c10-8(1-4-11-5-2-8)9(12)3-6-13-7-9/h11-12H,1-7,10H2. The zero-order chi connectivity index (χ0) is 9.36. The maximum absolute atomic E-state index is 10.4. The minimum atomic E-state index is -0.597. The Balaban J connectivity index is 2.11. The van der Waals surface area contributed by atoms with Crippen molar-refractivity contribution in [2.24, 2.45) is 5.73 Å². The van der Waals surface area contributed by atoms with Gasteiger partial charge in [-0.05, 0) is 38.1 Å². The molecule has 2 aliphatic heterocycles. The molecule has 0 saturated carbocycles. The summed E-state index contributed by atoms with van der Waals surface area (Å²) in [5, 5.41) is 13.7. The van der Waals surface area contributed by atoms with E-state index in [9.17, 15) is 5.11 Å². The van der Waals surface area contributed by atoms with E-state index in [1.54, 1.807) is 0 Å². The Morgan fingerprint density at radius 2 is 1.92 bits per heavy atom. The van der Waals surface area contributed by atoms with Crippen molar-refractivity contribution in [1.29, 1.82) is 0 Å². The van der Waals surface area contributed by atoms with Gasteiger partial charge in [-0.25, -0.2) is 0 Å². The van der Waals surface area contributed by atoms with E-state index in [2.05, 4.69) is 5.32 Å². The predicted octanol–water partition coefficient (Wildman–Crippen LogP) is -0.0647. The van der Waals surface area contributed by atoms with E-state index in [1.165, 1.54) is 0 Å². The molecular formula is C9H18N2OS. The fourth-order valence-electron chi connectivity index (χ4n) is 2.29. The zero-order valence-electron chi connectivity index (χ0n) is 7.88. The van der Waals surface area contributed by atoms with Gasteiger partial charge in [-0.1, -0.05) is 0 Å². The van der Waals surface area contributed by atoms with Crippen LogP contribution in [0.2, 0.25) is 0 Å². The van der Waals surface area contributed by atoms with Crippen LogP contribution in [0.25, 0.3) is 0 Å². The molecule has 13 heavy (non-hydrogen) atoms. The molecule has 0 aromatic rings. The molecule has 0 spiro atoms. The number of nitrogens with two attached hydrogens (primary N) is 1. The van der Waals surface area contributed by atoms with E-state index in [0.29, 0.717) is 0 Å². The first-order chi connectivity index (χ1) is 6.16. The fraction of sp³-hybridized carbons (Fsp3) is 1.00. The molecule has 0 bridgehead atoms. The van der Waals surface area contributed by atoms with Crippen LogP contribution in [0.4, 0.5) is 0 Å². The molecule has 2 heterocycles. The third-order valence-corrected chi connectivity index (χ3v) is 4.60. The first-order valence-electron chi connectivity index (χ1n) is 4.96. The highest BCUT2D eigenvalue weighted by molar-refractivity contribution is 7.99. The van der Waals surface area contributed by atoms with Crippen molar-refractivity contribution in [2.45, 2.75) is 30.4 Å². The number of nitrogens with one attached hydrogen (secondary N) is 1. The number of rotatable bonds is 1. The highest BCUT2D eigenvalue weighted by atomic mass is 32.2. The lowest BCUT2D eigenvalue weighted by Gasteiger charge is -2.45. The highest BCUT2D eigenvalue weighted by Gasteiger charge is 2.49. The summed E-state index contributed by atoms with van der Waals surface area (Å²) in [7, 11) is 0. The van der Waals surface area contributed by atoms with Crippen LogP contribution in [-0.2, 0) is 0 Å². The third-order valence-electron chi connectivity index (χ3n) is 3.42. The van der Waals surface area contributed by atoms with E-state index in [0.717, 1.165) is 43.9 Å². The monoisotopic (exact) mass is 202 g/mol. The Hall–Kier alpha value is 0.230. The van der Waals surface area contributed by atoms with Gasteiger partial charge in [0.15, 0.2) is 0 Å². The number of thioether (sulfide) groups is 1. The number of aliphatic hydroxyl groups is 1. The van der Waals surface area contributed by atoms with Crippen LogP contribution in [0, 0.1) is 0 Å². The zero-order valence-corrected chi connectivity index (χ0v) is 8.70. The fourth-order valence-corrected chi connectivity index (χ4v) is 3.68. The SMILES string of the molecule is NC1(C2(O)CCSC2)CCNCC1. The summed E-state index contributed by atoms with van der Waals surface area (Å²) in [6.45, 7) is 1.90. The van der Waals surface area contributed by atoms with Crippen LogP contribution >= 0.6 is 11.8 Å².